The molecule has 2 aromatic heterocycles. The second-order valence-corrected chi connectivity index (χ2v) is 3.34. The summed E-state index contributed by atoms with van der Waals surface area (Å²) in [4.78, 5) is 0. The van der Waals surface area contributed by atoms with Crippen molar-refractivity contribution in [2.75, 3.05) is 0 Å². The zero-order valence-corrected chi connectivity index (χ0v) is 7.99. The van der Waals surface area contributed by atoms with Crippen molar-refractivity contribution in [3.63, 3.8) is 0 Å². The Kier molecular flexibility index (Phi) is 1.96. The molecule has 0 fully saturated rings. The average molecular weight is 188 g/mol. The van der Waals surface area contributed by atoms with E-state index in [1.54, 1.807) is 6.20 Å². The van der Waals surface area contributed by atoms with Gasteiger partial charge in [0.05, 0.1) is 17.5 Å². The van der Waals surface area contributed by atoms with Crippen LogP contribution in [0.15, 0.2) is 24.4 Å². The molecule has 0 amide bonds. The molecule has 2 rings (SSSR count). The number of nitrogens with one attached hydrogen (secondary N) is 1. The van der Waals surface area contributed by atoms with Crippen LogP contribution in [0.3, 0.4) is 0 Å². The summed E-state index contributed by atoms with van der Waals surface area (Å²) >= 11 is 0. The first kappa shape index (κ1) is 8.74. The number of rotatable bonds is 2. The lowest BCUT2D eigenvalue weighted by atomic mass is 10.2. The van der Waals surface area contributed by atoms with E-state index in [0.29, 0.717) is 6.42 Å². The molecular formula is C10H12N4. The zero-order valence-electron chi connectivity index (χ0n) is 7.99. The van der Waals surface area contributed by atoms with E-state index < -0.39 is 0 Å². The van der Waals surface area contributed by atoms with Gasteiger partial charge in [-0.1, -0.05) is 6.07 Å². The highest BCUT2D eigenvalue weighted by molar-refractivity contribution is 5.81. The lowest BCUT2D eigenvalue weighted by Gasteiger charge is -1.99. The van der Waals surface area contributed by atoms with Gasteiger partial charge < -0.3 is 5.73 Å². The van der Waals surface area contributed by atoms with Crippen LogP contribution < -0.4 is 5.73 Å². The Morgan fingerprint density at radius 2 is 2.36 bits per heavy atom. The Bertz CT molecular complexity index is 484. The third-order valence-electron chi connectivity index (χ3n) is 2.19. The number of hydrogen-bond acceptors (Lipinski definition) is 2. The Morgan fingerprint density at radius 3 is 3.07 bits per heavy atom. The van der Waals surface area contributed by atoms with Crippen LogP contribution in [0.25, 0.3) is 5.52 Å². The number of aryl methyl sites for hydroxylation is 1. The van der Waals surface area contributed by atoms with Crippen LogP contribution in [0.4, 0.5) is 0 Å². The Labute approximate surface area is 81.9 Å². The summed E-state index contributed by atoms with van der Waals surface area (Å²) in [6, 6.07) is 5.96. The highest BCUT2D eigenvalue weighted by Gasteiger charge is 2.05. The monoisotopic (exact) mass is 188 g/mol. The van der Waals surface area contributed by atoms with Crippen LogP contribution >= 0.6 is 0 Å². The molecule has 0 spiro atoms. The summed E-state index contributed by atoms with van der Waals surface area (Å²) in [5.74, 6) is 0.168. The van der Waals surface area contributed by atoms with Crippen molar-refractivity contribution in [2.45, 2.75) is 13.3 Å². The van der Waals surface area contributed by atoms with Gasteiger partial charge in [0.15, 0.2) is 0 Å². The number of fused-ring (bicyclic) bond motifs is 1. The second-order valence-electron chi connectivity index (χ2n) is 3.34. The third-order valence-corrected chi connectivity index (χ3v) is 2.19. The molecule has 0 aromatic carbocycles. The van der Waals surface area contributed by atoms with Crippen LogP contribution in [0.1, 0.15) is 11.3 Å². The van der Waals surface area contributed by atoms with Gasteiger partial charge in [0.25, 0.3) is 0 Å². The van der Waals surface area contributed by atoms with Crippen molar-refractivity contribution < 1.29 is 0 Å². The van der Waals surface area contributed by atoms with Gasteiger partial charge >= 0.3 is 0 Å². The fourth-order valence-electron chi connectivity index (χ4n) is 1.54. The molecule has 4 nitrogen and oxygen atoms in total. The van der Waals surface area contributed by atoms with Gasteiger partial charge in [-0.2, -0.15) is 5.10 Å². The number of amidine groups is 1. The van der Waals surface area contributed by atoms with E-state index in [-0.39, 0.29) is 5.84 Å². The third kappa shape index (κ3) is 1.35. The smallest absolute Gasteiger partial charge is 0.0951 e. The number of nitrogens with two attached hydrogens (primary N) is 1. The van der Waals surface area contributed by atoms with Crippen molar-refractivity contribution in [1.29, 1.82) is 5.41 Å². The molecule has 14 heavy (non-hydrogen) atoms. The molecule has 2 aromatic rings. The first-order valence-corrected chi connectivity index (χ1v) is 4.43. The molecule has 0 aliphatic carbocycles. The minimum Gasteiger partial charge on any atom is -0.387 e. The summed E-state index contributed by atoms with van der Waals surface area (Å²) in [7, 11) is 0. The highest BCUT2D eigenvalue weighted by Crippen LogP contribution is 2.12. The Morgan fingerprint density at radius 1 is 1.57 bits per heavy atom. The Hall–Kier alpha value is -1.84. The summed E-state index contributed by atoms with van der Waals surface area (Å²) in [6.45, 7) is 2.00. The van der Waals surface area contributed by atoms with Gasteiger partial charge in [0, 0.05) is 17.7 Å². The van der Waals surface area contributed by atoms with Gasteiger partial charge in [-0.25, -0.2) is 4.52 Å². The standard InChI is InChI=1S/C10H12N4/c1-7-3-2-4-9-8(5-10(11)12)6-13-14(7)9/h2-4,6H,5H2,1H3,(H3,11,12). The lowest BCUT2D eigenvalue weighted by molar-refractivity contribution is 0.915. The fraction of sp³-hybridized carbons (Fsp3) is 0.200. The number of aromatic nitrogens is 2. The van der Waals surface area contributed by atoms with E-state index >= 15 is 0 Å². The minimum absolute atomic E-state index is 0.168. The largest absolute Gasteiger partial charge is 0.387 e. The van der Waals surface area contributed by atoms with Crippen molar-refractivity contribution in [3.05, 3.63) is 35.7 Å². The van der Waals surface area contributed by atoms with E-state index in [1.165, 1.54) is 0 Å². The van der Waals surface area contributed by atoms with Crippen LogP contribution in [-0.4, -0.2) is 15.4 Å². The molecule has 3 N–H and O–H groups in total. The van der Waals surface area contributed by atoms with Crippen molar-refractivity contribution in [1.82, 2.24) is 9.61 Å². The summed E-state index contributed by atoms with van der Waals surface area (Å²) in [6.07, 6.45) is 2.23. The predicted molar refractivity (Wildman–Crippen MR) is 55.5 cm³/mol. The maximum absolute atomic E-state index is 7.24. The molecule has 0 atom stereocenters. The minimum atomic E-state index is 0.168. The van der Waals surface area contributed by atoms with Gasteiger partial charge in [0.1, 0.15) is 0 Å². The molecule has 0 aliphatic rings. The van der Waals surface area contributed by atoms with Crippen LogP contribution in [0.5, 0.6) is 0 Å². The van der Waals surface area contributed by atoms with Crippen LogP contribution in [0.2, 0.25) is 0 Å². The maximum atomic E-state index is 7.24. The van der Waals surface area contributed by atoms with Crippen molar-refractivity contribution in [3.8, 4) is 0 Å². The molecule has 4 heteroatoms. The first-order valence-electron chi connectivity index (χ1n) is 4.43. The lowest BCUT2D eigenvalue weighted by Crippen LogP contribution is -2.12. The van der Waals surface area contributed by atoms with E-state index in [1.807, 2.05) is 29.6 Å². The number of pyridine rings is 1. The predicted octanol–water partition coefficient (Wildman–Crippen LogP) is 1.12. The second kappa shape index (κ2) is 3.14. The van der Waals surface area contributed by atoms with Gasteiger partial charge in [-0.15, -0.1) is 0 Å². The summed E-state index contributed by atoms with van der Waals surface area (Å²) in [5.41, 5.74) is 8.47. The van der Waals surface area contributed by atoms with Gasteiger partial charge in [0.2, 0.25) is 0 Å². The molecule has 0 unspecified atom stereocenters. The number of hydrogen-bond donors (Lipinski definition) is 2. The average Bonchev–Trinajstić information content (AvgIpc) is 2.49. The molecule has 0 saturated heterocycles. The Balaban J connectivity index is 2.58. The summed E-state index contributed by atoms with van der Waals surface area (Å²) < 4.78 is 1.86. The quantitative estimate of drug-likeness (QED) is 0.547. The molecular weight excluding hydrogens is 176 g/mol. The van der Waals surface area contributed by atoms with E-state index in [2.05, 4.69) is 5.10 Å². The van der Waals surface area contributed by atoms with Crippen molar-refractivity contribution >= 4 is 11.4 Å². The van der Waals surface area contributed by atoms with E-state index in [4.69, 9.17) is 11.1 Å². The molecule has 0 aliphatic heterocycles. The normalized spacial score (nSPS) is 10.6. The van der Waals surface area contributed by atoms with Gasteiger partial charge in [-0.05, 0) is 19.1 Å². The molecule has 0 saturated carbocycles. The fourth-order valence-corrected chi connectivity index (χ4v) is 1.54. The molecule has 2 heterocycles. The van der Waals surface area contributed by atoms with Crippen LogP contribution in [0, 0.1) is 12.3 Å². The SMILES string of the molecule is Cc1cccc2c(CC(=N)N)cnn12. The molecule has 0 radical (unpaired) electrons. The first-order chi connectivity index (χ1) is 6.68. The highest BCUT2D eigenvalue weighted by atomic mass is 15.2. The van der Waals surface area contributed by atoms with Gasteiger partial charge in [-0.3, -0.25) is 5.41 Å². The topological polar surface area (TPSA) is 67.2 Å². The zero-order chi connectivity index (χ0) is 10.1. The number of nitrogens with zero attached hydrogens (tertiary/aromatic N) is 2. The van der Waals surface area contributed by atoms with Crippen molar-refractivity contribution in [2.24, 2.45) is 5.73 Å². The van der Waals surface area contributed by atoms with E-state index in [9.17, 15) is 0 Å². The summed E-state index contributed by atoms with van der Waals surface area (Å²) in [5, 5.41) is 11.5. The maximum Gasteiger partial charge on any atom is 0.0951 e. The molecule has 72 valence electrons. The molecule has 0 bridgehead atoms. The van der Waals surface area contributed by atoms with E-state index in [0.717, 1.165) is 16.8 Å². The van der Waals surface area contributed by atoms with Crippen LogP contribution in [-0.2, 0) is 6.42 Å².